The maximum atomic E-state index is 13.2. The lowest BCUT2D eigenvalue weighted by Crippen LogP contribution is -2.39. The lowest BCUT2D eigenvalue weighted by atomic mass is 10.1. The number of aromatic amines is 1. The van der Waals surface area contributed by atoms with Crippen molar-refractivity contribution in [2.75, 3.05) is 0 Å². The third-order valence-corrected chi connectivity index (χ3v) is 2.71. The first kappa shape index (κ1) is 13.0. The van der Waals surface area contributed by atoms with Crippen LogP contribution >= 0.6 is 11.6 Å². The second kappa shape index (κ2) is 5.30. The Morgan fingerprint density at radius 1 is 1.50 bits per heavy atom. The first-order valence-corrected chi connectivity index (χ1v) is 5.56. The van der Waals surface area contributed by atoms with Gasteiger partial charge in [-0.3, -0.25) is 14.3 Å². The first-order valence-electron chi connectivity index (χ1n) is 5.18. The monoisotopic (exact) mass is 248 g/mol. The minimum Gasteiger partial charge on any atom is -0.295 e. The molecule has 0 aliphatic rings. The van der Waals surface area contributed by atoms with Crippen LogP contribution in [0.5, 0.6) is 0 Å². The molecule has 0 spiro atoms. The number of hydrogen-bond donors (Lipinski definition) is 1. The van der Waals surface area contributed by atoms with Crippen LogP contribution in [-0.4, -0.2) is 9.55 Å². The molecule has 0 radical (unpaired) electrons. The molecule has 0 aliphatic heterocycles. The van der Waals surface area contributed by atoms with E-state index in [4.69, 9.17) is 11.6 Å². The number of H-pyrrole nitrogens is 1. The minimum atomic E-state index is -1.11. The first-order chi connectivity index (χ1) is 7.49. The summed E-state index contributed by atoms with van der Waals surface area (Å²) in [5.74, 6) is -1.11. The van der Waals surface area contributed by atoms with Gasteiger partial charge in [0.05, 0.1) is 0 Å². The summed E-state index contributed by atoms with van der Waals surface area (Å²) in [7, 11) is 0. The van der Waals surface area contributed by atoms with Gasteiger partial charge in [-0.05, 0) is 13.3 Å². The Morgan fingerprint density at radius 2 is 2.12 bits per heavy atom. The van der Waals surface area contributed by atoms with Gasteiger partial charge in [0.25, 0.3) is 5.56 Å². The lowest BCUT2D eigenvalue weighted by molar-refractivity contribution is 0.434. The van der Waals surface area contributed by atoms with Crippen LogP contribution in [-0.2, 0) is 0 Å². The second-order valence-electron chi connectivity index (χ2n) is 3.72. The summed E-state index contributed by atoms with van der Waals surface area (Å²) in [5, 5.41) is -0.533. The maximum absolute atomic E-state index is 13.2. The average Bonchev–Trinajstić information content (AvgIpc) is 2.23. The topological polar surface area (TPSA) is 54.9 Å². The van der Waals surface area contributed by atoms with Crippen molar-refractivity contribution >= 4 is 11.6 Å². The predicted octanol–water partition coefficient (Wildman–Crippen LogP) is 2.08. The van der Waals surface area contributed by atoms with Crippen molar-refractivity contribution in [3.8, 4) is 0 Å². The van der Waals surface area contributed by atoms with Crippen molar-refractivity contribution in [2.45, 2.75) is 39.2 Å². The van der Waals surface area contributed by atoms with Crippen molar-refractivity contribution in [3.05, 3.63) is 31.8 Å². The van der Waals surface area contributed by atoms with E-state index in [9.17, 15) is 14.0 Å². The zero-order valence-corrected chi connectivity index (χ0v) is 9.97. The van der Waals surface area contributed by atoms with Gasteiger partial charge in [-0.1, -0.05) is 31.4 Å². The number of nitrogens with one attached hydrogen (secondary N) is 1. The van der Waals surface area contributed by atoms with Crippen molar-refractivity contribution in [1.29, 1.82) is 0 Å². The highest BCUT2D eigenvalue weighted by atomic mass is 35.5. The molecule has 0 aliphatic carbocycles. The average molecular weight is 249 g/mol. The SMILES string of the molecule is CCCCC(C)n1c(=O)[nH]c(Cl)c(F)c1=O. The zero-order valence-electron chi connectivity index (χ0n) is 9.22. The molecule has 16 heavy (non-hydrogen) atoms. The Labute approximate surface area is 97.1 Å². The maximum Gasteiger partial charge on any atom is 0.329 e. The number of rotatable bonds is 4. The molecule has 6 heteroatoms. The highest BCUT2D eigenvalue weighted by Crippen LogP contribution is 2.11. The summed E-state index contributed by atoms with van der Waals surface area (Å²) in [5.41, 5.74) is -1.63. The summed E-state index contributed by atoms with van der Waals surface area (Å²) in [6.45, 7) is 3.71. The second-order valence-corrected chi connectivity index (χ2v) is 4.10. The largest absolute Gasteiger partial charge is 0.329 e. The van der Waals surface area contributed by atoms with E-state index in [1.807, 2.05) is 6.92 Å². The van der Waals surface area contributed by atoms with E-state index in [-0.39, 0.29) is 6.04 Å². The Kier molecular flexibility index (Phi) is 4.29. The molecule has 1 aromatic rings. The standard InChI is InChI=1S/C10H14ClFN2O2/c1-3-4-5-6(2)14-9(15)7(12)8(11)13-10(14)16/h6H,3-5H2,1-2H3,(H,13,16). The Hall–Kier alpha value is -1.10. The van der Waals surface area contributed by atoms with Gasteiger partial charge in [0.1, 0.15) is 0 Å². The van der Waals surface area contributed by atoms with E-state index in [2.05, 4.69) is 4.98 Å². The fraction of sp³-hybridized carbons (Fsp3) is 0.600. The molecule has 1 aromatic heterocycles. The highest BCUT2D eigenvalue weighted by Gasteiger charge is 2.16. The summed E-state index contributed by atoms with van der Waals surface area (Å²) in [6, 6.07) is -0.331. The molecule has 0 aromatic carbocycles. The molecule has 4 nitrogen and oxygen atoms in total. The molecular weight excluding hydrogens is 235 g/mol. The van der Waals surface area contributed by atoms with E-state index >= 15 is 0 Å². The van der Waals surface area contributed by atoms with Crippen LogP contribution in [0, 0.1) is 5.82 Å². The Bertz CT molecular complexity index is 481. The van der Waals surface area contributed by atoms with E-state index in [1.54, 1.807) is 6.92 Å². The van der Waals surface area contributed by atoms with Crippen molar-refractivity contribution in [1.82, 2.24) is 9.55 Å². The summed E-state index contributed by atoms with van der Waals surface area (Å²) < 4.78 is 14.1. The molecule has 0 saturated carbocycles. The fourth-order valence-electron chi connectivity index (χ4n) is 1.53. The van der Waals surface area contributed by atoms with Crippen LogP contribution in [0.4, 0.5) is 4.39 Å². The van der Waals surface area contributed by atoms with E-state index in [0.717, 1.165) is 17.4 Å². The molecule has 0 bridgehead atoms. The van der Waals surface area contributed by atoms with Crippen molar-refractivity contribution in [3.63, 3.8) is 0 Å². The van der Waals surface area contributed by atoms with E-state index in [1.165, 1.54) is 0 Å². The van der Waals surface area contributed by atoms with Gasteiger partial charge in [-0.2, -0.15) is 4.39 Å². The van der Waals surface area contributed by atoms with Gasteiger partial charge >= 0.3 is 5.69 Å². The van der Waals surface area contributed by atoms with Gasteiger partial charge in [0, 0.05) is 6.04 Å². The van der Waals surface area contributed by atoms with Crippen molar-refractivity contribution < 1.29 is 4.39 Å². The fourth-order valence-corrected chi connectivity index (χ4v) is 1.69. The molecule has 1 rings (SSSR count). The molecule has 1 N–H and O–H groups in total. The van der Waals surface area contributed by atoms with Crippen LogP contribution in [0.1, 0.15) is 39.2 Å². The van der Waals surface area contributed by atoms with Crippen LogP contribution in [0.2, 0.25) is 5.15 Å². The quantitative estimate of drug-likeness (QED) is 0.830. The smallest absolute Gasteiger partial charge is 0.295 e. The molecule has 0 amide bonds. The van der Waals surface area contributed by atoms with Crippen LogP contribution < -0.4 is 11.2 Å². The van der Waals surface area contributed by atoms with Gasteiger partial charge < -0.3 is 0 Å². The number of halogens is 2. The molecule has 90 valence electrons. The van der Waals surface area contributed by atoms with Crippen LogP contribution in [0.3, 0.4) is 0 Å². The highest BCUT2D eigenvalue weighted by molar-refractivity contribution is 6.29. The number of unbranched alkanes of at least 4 members (excludes halogenated alkanes) is 1. The molecule has 1 heterocycles. The minimum absolute atomic E-state index is 0.331. The molecule has 1 unspecified atom stereocenters. The third-order valence-electron chi connectivity index (χ3n) is 2.45. The molecule has 1 atom stereocenters. The van der Waals surface area contributed by atoms with E-state index < -0.39 is 22.2 Å². The number of aromatic nitrogens is 2. The van der Waals surface area contributed by atoms with Crippen molar-refractivity contribution in [2.24, 2.45) is 0 Å². The molecular formula is C10H14ClFN2O2. The summed E-state index contributed by atoms with van der Waals surface area (Å²) in [6.07, 6.45) is 2.48. The molecule has 0 fully saturated rings. The lowest BCUT2D eigenvalue weighted by Gasteiger charge is -2.13. The van der Waals surface area contributed by atoms with Crippen LogP contribution in [0.25, 0.3) is 0 Å². The third kappa shape index (κ3) is 2.52. The predicted molar refractivity (Wildman–Crippen MR) is 60.5 cm³/mol. The Balaban J connectivity index is 3.19. The number of hydrogen-bond acceptors (Lipinski definition) is 2. The Morgan fingerprint density at radius 3 is 2.69 bits per heavy atom. The van der Waals surface area contributed by atoms with Gasteiger partial charge in [0.15, 0.2) is 5.15 Å². The molecule has 0 saturated heterocycles. The van der Waals surface area contributed by atoms with Gasteiger partial charge in [0.2, 0.25) is 5.82 Å². The van der Waals surface area contributed by atoms with E-state index in [0.29, 0.717) is 6.42 Å². The summed E-state index contributed by atoms with van der Waals surface area (Å²) in [4.78, 5) is 25.1. The van der Waals surface area contributed by atoms with Gasteiger partial charge in [-0.15, -0.1) is 0 Å². The van der Waals surface area contributed by atoms with Gasteiger partial charge in [-0.25, -0.2) is 4.79 Å². The van der Waals surface area contributed by atoms with Crippen LogP contribution in [0.15, 0.2) is 9.59 Å². The number of nitrogens with zero attached hydrogens (tertiary/aromatic N) is 1. The zero-order chi connectivity index (χ0) is 12.3. The summed E-state index contributed by atoms with van der Waals surface area (Å²) >= 11 is 5.36. The normalized spacial score (nSPS) is 12.8.